The average Bonchev–Trinajstić information content (AvgIpc) is 2.60. The Morgan fingerprint density at radius 3 is 2.94 bits per heavy atom. The average molecular weight is 288 g/mol. The fourth-order valence-electron chi connectivity index (χ4n) is 1.92. The molecular weight excluding hydrogens is 277 g/mol. The summed E-state index contributed by atoms with van der Waals surface area (Å²) in [4.78, 5) is 13.0. The SMILES string of the molecule is O=C1CCC(CO)N1c1ccc(Br)cc1F. The fourth-order valence-corrected chi connectivity index (χ4v) is 2.26. The lowest BCUT2D eigenvalue weighted by atomic mass is 10.2. The molecule has 1 aliphatic rings. The maximum Gasteiger partial charge on any atom is 0.227 e. The highest BCUT2D eigenvalue weighted by Gasteiger charge is 2.33. The van der Waals surface area contributed by atoms with E-state index >= 15 is 0 Å². The Labute approximate surface area is 101 Å². The van der Waals surface area contributed by atoms with Crippen molar-refractivity contribution in [1.82, 2.24) is 0 Å². The van der Waals surface area contributed by atoms with Crippen LogP contribution in [0, 0.1) is 5.82 Å². The molecule has 1 atom stereocenters. The van der Waals surface area contributed by atoms with Gasteiger partial charge in [-0.15, -0.1) is 0 Å². The van der Waals surface area contributed by atoms with E-state index in [1.54, 1.807) is 12.1 Å². The number of halogens is 2. The Bertz CT molecular complexity index is 424. The molecule has 0 aliphatic carbocycles. The van der Waals surface area contributed by atoms with Crippen molar-refractivity contribution in [3.05, 3.63) is 28.5 Å². The van der Waals surface area contributed by atoms with Crippen LogP contribution in [0.4, 0.5) is 10.1 Å². The van der Waals surface area contributed by atoms with Crippen LogP contribution in [0.3, 0.4) is 0 Å². The lowest BCUT2D eigenvalue weighted by Gasteiger charge is -2.23. The van der Waals surface area contributed by atoms with E-state index in [1.165, 1.54) is 11.0 Å². The highest BCUT2D eigenvalue weighted by atomic mass is 79.9. The van der Waals surface area contributed by atoms with Gasteiger partial charge in [0.25, 0.3) is 0 Å². The Balaban J connectivity index is 2.38. The van der Waals surface area contributed by atoms with Crippen molar-refractivity contribution in [2.24, 2.45) is 0 Å². The largest absolute Gasteiger partial charge is 0.394 e. The predicted molar refractivity (Wildman–Crippen MR) is 61.7 cm³/mol. The van der Waals surface area contributed by atoms with E-state index in [0.29, 0.717) is 17.3 Å². The highest BCUT2D eigenvalue weighted by molar-refractivity contribution is 9.10. The van der Waals surface area contributed by atoms with Crippen LogP contribution >= 0.6 is 15.9 Å². The van der Waals surface area contributed by atoms with Crippen molar-refractivity contribution >= 4 is 27.5 Å². The van der Waals surface area contributed by atoms with E-state index in [-0.39, 0.29) is 24.2 Å². The number of nitrogens with zero attached hydrogens (tertiary/aromatic N) is 1. The van der Waals surface area contributed by atoms with Gasteiger partial charge >= 0.3 is 0 Å². The van der Waals surface area contributed by atoms with Crippen molar-refractivity contribution < 1.29 is 14.3 Å². The minimum absolute atomic E-state index is 0.138. The van der Waals surface area contributed by atoms with Gasteiger partial charge in [0.2, 0.25) is 5.91 Å². The summed E-state index contributed by atoms with van der Waals surface area (Å²) in [7, 11) is 0. The van der Waals surface area contributed by atoms with E-state index in [1.807, 2.05) is 0 Å². The highest BCUT2D eigenvalue weighted by Crippen LogP contribution is 2.30. The minimum Gasteiger partial charge on any atom is -0.394 e. The van der Waals surface area contributed by atoms with Gasteiger partial charge in [-0.2, -0.15) is 0 Å². The maximum absolute atomic E-state index is 13.7. The van der Waals surface area contributed by atoms with E-state index in [4.69, 9.17) is 5.11 Å². The van der Waals surface area contributed by atoms with Gasteiger partial charge in [-0.05, 0) is 24.6 Å². The molecule has 5 heteroatoms. The van der Waals surface area contributed by atoms with Crippen molar-refractivity contribution in [1.29, 1.82) is 0 Å². The summed E-state index contributed by atoms with van der Waals surface area (Å²) in [5.41, 5.74) is 0.241. The van der Waals surface area contributed by atoms with Crippen LogP contribution in [-0.4, -0.2) is 23.7 Å². The second kappa shape index (κ2) is 4.51. The van der Waals surface area contributed by atoms with Gasteiger partial charge in [0.15, 0.2) is 0 Å². The Hall–Kier alpha value is -0.940. The van der Waals surface area contributed by atoms with Gasteiger partial charge < -0.3 is 10.0 Å². The second-order valence-electron chi connectivity index (χ2n) is 3.73. The lowest BCUT2D eigenvalue weighted by Crippen LogP contribution is -2.35. The molecule has 0 spiro atoms. The lowest BCUT2D eigenvalue weighted by molar-refractivity contribution is -0.117. The molecule has 1 amide bonds. The molecule has 1 unspecified atom stereocenters. The summed E-state index contributed by atoms with van der Waals surface area (Å²) in [5.74, 6) is -0.594. The molecule has 2 rings (SSSR count). The smallest absolute Gasteiger partial charge is 0.227 e. The summed E-state index contributed by atoms with van der Waals surface area (Å²) in [5, 5.41) is 9.14. The van der Waals surface area contributed by atoms with Gasteiger partial charge in [-0.25, -0.2) is 4.39 Å². The Morgan fingerprint density at radius 1 is 1.56 bits per heavy atom. The Morgan fingerprint density at radius 2 is 2.31 bits per heavy atom. The summed E-state index contributed by atoms with van der Waals surface area (Å²) in [6, 6.07) is 4.24. The van der Waals surface area contributed by atoms with E-state index in [0.717, 1.165) is 0 Å². The molecule has 0 saturated carbocycles. The molecule has 0 radical (unpaired) electrons. The first-order chi connectivity index (χ1) is 7.63. The van der Waals surface area contributed by atoms with Crippen LogP contribution in [0.15, 0.2) is 22.7 Å². The number of aliphatic hydroxyl groups excluding tert-OH is 1. The number of rotatable bonds is 2. The zero-order valence-corrected chi connectivity index (χ0v) is 10.1. The van der Waals surface area contributed by atoms with Crippen molar-refractivity contribution in [2.75, 3.05) is 11.5 Å². The monoisotopic (exact) mass is 287 g/mol. The first-order valence-corrected chi connectivity index (χ1v) is 5.80. The summed E-state index contributed by atoms with van der Waals surface area (Å²) >= 11 is 3.16. The van der Waals surface area contributed by atoms with Crippen molar-refractivity contribution in [3.63, 3.8) is 0 Å². The van der Waals surface area contributed by atoms with Crippen LogP contribution in [0.1, 0.15) is 12.8 Å². The number of aliphatic hydroxyl groups is 1. The molecule has 16 heavy (non-hydrogen) atoms. The predicted octanol–water partition coefficient (Wildman–Crippen LogP) is 2.08. The summed E-state index contributed by atoms with van der Waals surface area (Å²) in [6.45, 7) is -0.138. The third-order valence-electron chi connectivity index (χ3n) is 2.71. The molecule has 3 nitrogen and oxygen atoms in total. The van der Waals surface area contributed by atoms with Crippen LogP contribution < -0.4 is 4.90 Å². The van der Waals surface area contributed by atoms with Gasteiger partial charge in [-0.3, -0.25) is 4.79 Å². The normalized spacial score (nSPS) is 20.6. The topological polar surface area (TPSA) is 40.5 Å². The molecule has 0 aromatic heterocycles. The molecule has 1 fully saturated rings. The summed E-state index contributed by atoms with van der Waals surface area (Å²) < 4.78 is 14.3. The number of amides is 1. The van der Waals surface area contributed by atoms with Gasteiger partial charge in [0.05, 0.1) is 18.3 Å². The summed E-state index contributed by atoms with van der Waals surface area (Å²) in [6.07, 6.45) is 0.936. The molecule has 1 heterocycles. The zero-order chi connectivity index (χ0) is 11.7. The minimum atomic E-state index is -0.455. The van der Waals surface area contributed by atoms with E-state index in [2.05, 4.69) is 15.9 Å². The molecule has 0 bridgehead atoms. The quantitative estimate of drug-likeness (QED) is 0.905. The molecule has 1 saturated heterocycles. The fraction of sp³-hybridized carbons (Fsp3) is 0.364. The number of hydrogen-bond acceptors (Lipinski definition) is 2. The third-order valence-corrected chi connectivity index (χ3v) is 3.20. The molecule has 1 aliphatic heterocycles. The molecule has 1 aromatic rings. The van der Waals surface area contributed by atoms with E-state index in [9.17, 15) is 9.18 Å². The standard InChI is InChI=1S/C11H11BrFNO2/c12-7-1-3-10(9(13)5-7)14-8(6-15)2-4-11(14)16/h1,3,5,8,15H,2,4,6H2. The Kier molecular flexibility index (Phi) is 3.25. The van der Waals surface area contributed by atoms with Crippen LogP contribution in [0.25, 0.3) is 0 Å². The first-order valence-electron chi connectivity index (χ1n) is 5.01. The van der Waals surface area contributed by atoms with Gasteiger partial charge in [0, 0.05) is 10.9 Å². The van der Waals surface area contributed by atoms with Crippen LogP contribution in [0.2, 0.25) is 0 Å². The molecule has 1 N–H and O–H groups in total. The number of hydrogen-bond donors (Lipinski definition) is 1. The first kappa shape index (κ1) is 11.5. The second-order valence-corrected chi connectivity index (χ2v) is 4.65. The number of carbonyl (C=O) groups excluding carboxylic acids is 1. The maximum atomic E-state index is 13.7. The molecule has 1 aromatic carbocycles. The van der Waals surface area contributed by atoms with Crippen LogP contribution in [0.5, 0.6) is 0 Å². The molecular formula is C11H11BrFNO2. The van der Waals surface area contributed by atoms with Crippen molar-refractivity contribution in [3.8, 4) is 0 Å². The van der Waals surface area contributed by atoms with E-state index < -0.39 is 5.82 Å². The number of carbonyl (C=O) groups is 1. The van der Waals surface area contributed by atoms with Crippen LogP contribution in [-0.2, 0) is 4.79 Å². The zero-order valence-electron chi connectivity index (χ0n) is 8.49. The van der Waals surface area contributed by atoms with Gasteiger partial charge in [-0.1, -0.05) is 15.9 Å². The number of benzene rings is 1. The molecule has 86 valence electrons. The van der Waals surface area contributed by atoms with Gasteiger partial charge in [0.1, 0.15) is 5.82 Å². The third kappa shape index (κ3) is 1.97. The number of anilines is 1. The van der Waals surface area contributed by atoms with Crippen molar-refractivity contribution in [2.45, 2.75) is 18.9 Å².